The zero-order chi connectivity index (χ0) is 8.43. The Kier molecular flexibility index (Phi) is 2.78. The molecule has 0 fully saturated rings. The lowest BCUT2D eigenvalue weighted by atomic mass is 10.3. The van der Waals surface area contributed by atoms with Crippen LogP contribution in [-0.2, 0) is 0 Å². The maximum atomic E-state index is 12.7. The Hall–Kier alpha value is -0.220. The fourth-order valence-electron chi connectivity index (χ4n) is 0.717. The van der Waals surface area contributed by atoms with Gasteiger partial charge in [0.05, 0.1) is 4.90 Å². The third-order valence-corrected chi connectivity index (χ3v) is 2.98. The zero-order valence-corrected chi connectivity index (χ0v) is 8.17. The van der Waals surface area contributed by atoms with Gasteiger partial charge in [0, 0.05) is 4.47 Å². The van der Waals surface area contributed by atoms with Crippen LogP contribution in [0, 0.1) is 5.82 Å². The molecule has 1 aromatic carbocycles. The van der Waals surface area contributed by atoms with Crippen LogP contribution in [0.1, 0.15) is 0 Å². The molecule has 0 heterocycles. The van der Waals surface area contributed by atoms with Crippen molar-refractivity contribution in [2.24, 2.45) is 0 Å². The minimum absolute atomic E-state index is 0.285. The molecule has 0 saturated carbocycles. The van der Waals surface area contributed by atoms with Crippen LogP contribution in [0.2, 0.25) is 0 Å². The highest BCUT2D eigenvalue weighted by atomic mass is 79.9. The summed E-state index contributed by atoms with van der Waals surface area (Å²) in [5.41, 5.74) is 0. The van der Waals surface area contributed by atoms with E-state index < -0.39 is 5.82 Å². The quantitative estimate of drug-likeness (QED) is 0.757. The highest BCUT2D eigenvalue weighted by Crippen LogP contribution is 2.35. The molecular formula is C7H6BrFOS. The molecule has 11 heavy (non-hydrogen) atoms. The monoisotopic (exact) mass is 236 g/mol. The molecule has 60 valence electrons. The van der Waals surface area contributed by atoms with Gasteiger partial charge in [0.15, 0.2) is 11.6 Å². The number of rotatable bonds is 1. The van der Waals surface area contributed by atoms with Gasteiger partial charge >= 0.3 is 0 Å². The molecule has 0 spiro atoms. The van der Waals surface area contributed by atoms with Gasteiger partial charge in [0.2, 0.25) is 0 Å². The average molecular weight is 237 g/mol. The Morgan fingerprint density at radius 2 is 2.18 bits per heavy atom. The normalized spacial score (nSPS) is 10.1. The summed E-state index contributed by atoms with van der Waals surface area (Å²) in [6.45, 7) is 0. The van der Waals surface area contributed by atoms with Crippen molar-refractivity contribution in [2.75, 3.05) is 6.26 Å². The number of phenolic OH excluding ortho intramolecular Hbond substituents is 1. The van der Waals surface area contributed by atoms with Crippen LogP contribution in [-0.4, -0.2) is 11.4 Å². The number of halogens is 2. The maximum absolute atomic E-state index is 12.7. The first kappa shape index (κ1) is 8.87. The van der Waals surface area contributed by atoms with Crippen molar-refractivity contribution in [2.45, 2.75) is 4.90 Å². The molecule has 0 radical (unpaired) electrons. The first-order valence-electron chi connectivity index (χ1n) is 2.87. The minimum Gasteiger partial charge on any atom is -0.504 e. The summed E-state index contributed by atoms with van der Waals surface area (Å²) < 4.78 is 13.4. The van der Waals surface area contributed by atoms with Crippen molar-refractivity contribution < 1.29 is 9.50 Å². The van der Waals surface area contributed by atoms with Gasteiger partial charge in [-0.2, -0.15) is 0 Å². The summed E-state index contributed by atoms with van der Waals surface area (Å²) in [6.07, 6.45) is 1.78. The molecule has 1 aromatic rings. The lowest BCUT2D eigenvalue weighted by Crippen LogP contribution is -1.80. The van der Waals surface area contributed by atoms with Crippen LogP contribution in [0.15, 0.2) is 21.5 Å². The van der Waals surface area contributed by atoms with Gasteiger partial charge in [-0.1, -0.05) is 0 Å². The SMILES string of the molecule is CSc1c(Br)ccc(F)c1O. The molecule has 1 N–H and O–H groups in total. The summed E-state index contributed by atoms with van der Waals surface area (Å²) in [5, 5.41) is 9.15. The number of hydrogen-bond acceptors (Lipinski definition) is 2. The number of phenols is 1. The maximum Gasteiger partial charge on any atom is 0.166 e. The molecule has 0 unspecified atom stereocenters. The lowest BCUT2D eigenvalue weighted by Gasteiger charge is -2.03. The van der Waals surface area contributed by atoms with E-state index in [0.29, 0.717) is 9.37 Å². The highest BCUT2D eigenvalue weighted by Gasteiger charge is 2.08. The lowest BCUT2D eigenvalue weighted by molar-refractivity contribution is 0.419. The third kappa shape index (κ3) is 1.68. The van der Waals surface area contributed by atoms with Crippen LogP contribution in [0.25, 0.3) is 0 Å². The van der Waals surface area contributed by atoms with Gasteiger partial charge in [0.25, 0.3) is 0 Å². The minimum atomic E-state index is -0.586. The largest absolute Gasteiger partial charge is 0.504 e. The van der Waals surface area contributed by atoms with Crippen LogP contribution in [0.5, 0.6) is 5.75 Å². The predicted octanol–water partition coefficient (Wildman–Crippen LogP) is 3.02. The van der Waals surface area contributed by atoms with Gasteiger partial charge < -0.3 is 5.11 Å². The van der Waals surface area contributed by atoms with Crippen LogP contribution in [0.3, 0.4) is 0 Å². The van der Waals surface area contributed by atoms with Crippen molar-refractivity contribution in [3.63, 3.8) is 0 Å². The average Bonchev–Trinajstić information content (AvgIpc) is 1.99. The van der Waals surface area contributed by atoms with Crippen LogP contribution < -0.4 is 0 Å². The predicted molar refractivity (Wildman–Crippen MR) is 47.5 cm³/mol. The van der Waals surface area contributed by atoms with Gasteiger partial charge in [-0.25, -0.2) is 4.39 Å². The first-order chi connectivity index (χ1) is 5.16. The molecule has 0 aromatic heterocycles. The van der Waals surface area contributed by atoms with Crippen molar-refractivity contribution in [1.29, 1.82) is 0 Å². The second-order valence-corrected chi connectivity index (χ2v) is 3.58. The van der Waals surface area contributed by atoms with E-state index in [4.69, 9.17) is 5.11 Å². The molecule has 1 nitrogen and oxygen atoms in total. The van der Waals surface area contributed by atoms with Crippen molar-refractivity contribution in [1.82, 2.24) is 0 Å². The zero-order valence-electron chi connectivity index (χ0n) is 5.77. The van der Waals surface area contributed by atoms with Gasteiger partial charge in [-0.15, -0.1) is 11.8 Å². The molecule has 0 aliphatic carbocycles. The fourth-order valence-corrected chi connectivity index (χ4v) is 2.08. The summed E-state index contributed by atoms with van der Waals surface area (Å²) in [4.78, 5) is 0.532. The Bertz CT molecular complexity index is 277. The molecular weight excluding hydrogens is 231 g/mol. The Labute approximate surface area is 76.7 Å². The smallest absolute Gasteiger partial charge is 0.166 e. The number of hydrogen-bond donors (Lipinski definition) is 1. The molecule has 0 bridgehead atoms. The van der Waals surface area contributed by atoms with Crippen molar-refractivity contribution in [3.8, 4) is 5.75 Å². The molecule has 0 amide bonds. The van der Waals surface area contributed by atoms with Crippen LogP contribution in [0.4, 0.5) is 4.39 Å². The van der Waals surface area contributed by atoms with E-state index in [1.54, 1.807) is 12.3 Å². The summed E-state index contributed by atoms with van der Waals surface area (Å²) in [7, 11) is 0. The van der Waals surface area contributed by atoms with Gasteiger partial charge in [-0.3, -0.25) is 0 Å². The molecule has 1 rings (SSSR count). The van der Waals surface area contributed by atoms with E-state index in [0.717, 1.165) is 0 Å². The van der Waals surface area contributed by atoms with E-state index in [1.807, 2.05) is 0 Å². The van der Waals surface area contributed by atoms with Gasteiger partial charge in [-0.05, 0) is 34.3 Å². The van der Waals surface area contributed by atoms with E-state index in [9.17, 15) is 4.39 Å². The van der Waals surface area contributed by atoms with E-state index in [2.05, 4.69) is 15.9 Å². The van der Waals surface area contributed by atoms with E-state index in [-0.39, 0.29) is 5.75 Å². The number of thioether (sulfide) groups is 1. The second-order valence-electron chi connectivity index (χ2n) is 1.91. The Morgan fingerprint density at radius 1 is 1.55 bits per heavy atom. The van der Waals surface area contributed by atoms with Crippen LogP contribution >= 0.6 is 27.7 Å². The number of benzene rings is 1. The molecule has 0 saturated heterocycles. The van der Waals surface area contributed by atoms with Crippen molar-refractivity contribution in [3.05, 3.63) is 22.4 Å². The van der Waals surface area contributed by atoms with Gasteiger partial charge in [0.1, 0.15) is 0 Å². The summed E-state index contributed by atoms with van der Waals surface area (Å²) in [6, 6.07) is 2.79. The summed E-state index contributed by atoms with van der Waals surface area (Å²) in [5.74, 6) is -0.871. The number of aromatic hydroxyl groups is 1. The van der Waals surface area contributed by atoms with E-state index in [1.165, 1.54) is 17.8 Å². The molecule has 0 aliphatic rings. The fraction of sp³-hybridized carbons (Fsp3) is 0.143. The molecule has 4 heteroatoms. The third-order valence-electron chi connectivity index (χ3n) is 1.24. The van der Waals surface area contributed by atoms with E-state index >= 15 is 0 Å². The molecule has 0 aliphatic heterocycles. The highest BCUT2D eigenvalue weighted by molar-refractivity contribution is 9.10. The summed E-state index contributed by atoms with van der Waals surface area (Å²) >= 11 is 4.49. The first-order valence-corrected chi connectivity index (χ1v) is 4.89. The Balaban J connectivity index is 3.29. The molecule has 0 atom stereocenters. The van der Waals surface area contributed by atoms with Crippen molar-refractivity contribution >= 4 is 27.7 Å². The second kappa shape index (κ2) is 3.45. The standard InChI is InChI=1S/C7H6BrFOS/c1-11-7-4(8)2-3-5(9)6(7)10/h2-3,10H,1H3. The topological polar surface area (TPSA) is 20.2 Å². The Morgan fingerprint density at radius 3 is 2.64 bits per heavy atom.